The molecular weight excluding hydrogens is 334 g/mol. The van der Waals surface area contributed by atoms with E-state index in [2.05, 4.69) is 10.3 Å². The summed E-state index contributed by atoms with van der Waals surface area (Å²) >= 11 is 0. The number of hydrogen-bond acceptors (Lipinski definition) is 5. The summed E-state index contributed by atoms with van der Waals surface area (Å²) < 4.78 is 12.2. The third-order valence-corrected chi connectivity index (χ3v) is 3.82. The molecule has 1 N–H and O–H groups in total. The first kappa shape index (κ1) is 17.7. The van der Waals surface area contributed by atoms with E-state index < -0.39 is 0 Å². The standard InChI is InChI=1S/C19H21N3O4/c1-3-4-9-18(23)21-15-7-5-6-8-16(15)25-12-14-11-19(24)22-17(20-14)10-13(2)26-22/h5-8,10-11H,3-4,9,12H2,1-2H3,(H,21,23). The molecule has 0 saturated heterocycles. The first-order valence-corrected chi connectivity index (χ1v) is 8.58. The zero-order valence-electron chi connectivity index (χ0n) is 14.8. The smallest absolute Gasteiger partial charge is 0.287 e. The van der Waals surface area contributed by atoms with E-state index in [9.17, 15) is 9.59 Å². The lowest BCUT2D eigenvalue weighted by Crippen LogP contribution is -2.15. The monoisotopic (exact) mass is 355 g/mol. The number of hydrogen-bond donors (Lipinski definition) is 1. The van der Waals surface area contributed by atoms with E-state index in [4.69, 9.17) is 9.26 Å². The molecule has 7 heteroatoms. The molecule has 26 heavy (non-hydrogen) atoms. The van der Waals surface area contributed by atoms with Gasteiger partial charge in [-0.3, -0.25) is 9.59 Å². The molecule has 2 aromatic heterocycles. The zero-order valence-corrected chi connectivity index (χ0v) is 14.8. The molecule has 0 spiro atoms. The van der Waals surface area contributed by atoms with Crippen LogP contribution in [-0.2, 0) is 11.4 Å². The van der Waals surface area contributed by atoms with Crippen LogP contribution in [0.15, 0.2) is 45.7 Å². The van der Waals surface area contributed by atoms with Crippen LogP contribution in [0.5, 0.6) is 5.75 Å². The van der Waals surface area contributed by atoms with E-state index >= 15 is 0 Å². The van der Waals surface area contributed by atoms with Crippen molar-refractivity contribution in [2.45, 2.75) is 39.7 Å². The Labute approximate surface area is 150 Å². The highest BCUT2D eigenvalue weighted by Crippen LogP contribution is 2.25. The molecule has 136 valence electrons. The maximum atomic E-state index is 12.1. The average molecular weight is 355 g/mol. The number of benzene rings is 1. The van der Waals surface area contributed by atoms with Crippen LogP contribution >= 0.6 is 0 Å². The van der Waals surface area contributed by atoms with Gasteiger partial charge in [0.15, 0.2) is 5.65 Å². The number of nitrogens with zero attached hydrogens (tertiary/aromatic N) is 2. The van der Waals surface area contributed by atoms with Gasteiger partial charge >= 0.3 is 0 Å². The van der Waals surface area contributed by atoms with Crippen LogP contribution in [0.1, 0.15) is 37.6 Å². The molecule has 0 aliphatic heterocycles. The number of para-hydroxylation sites is 2. The van der Waals surface area contributed by atoms with E-state index in [-0.39, 0.29) is 18.1 Å². The van der Waals surface area contributed by atoms with Gasteiger partial charge in [-0.05, 0) is 25.5 Å². The van der Waals surface area contributed by atoms with Gasteiger partial charge in [-0.2, -0.15) is 0 Å². The van der Waals surface area contributed by atoms with Crippen LogP contribution in [0.2, 0.25) is 0 Å². The summed E-state index contributed by atoms with van der Waals surface area (Å²) in [7, 11) is 0. The number of carbonyl (C=O) groups is 1. The number of unbranched alkanes of at least 4 members (excludes halogenated alkanes) is 1. The normalized spacial score (nSPS) is 10.8. The first-order valence-electron chi connectivity index (χ1n) is 8.58. The largest absolute Gasteiger partial charge is 0.485 e. The SMILES string of the molecule is CCCCC(=O)Nc1ccccc1OCc1cc(=O)n2oc(C)cc2n1. The lowest BCUT2D eigenvalue weighted by Gasteiger charge is -2.12. The molecule has 1 aromatic carbocycles. The number of nitrogens with one attached hydrogen (secondary N) is 1. The molecule has 2 heterocycles. The van der Waals surface area contributed by atoms with Gasteiger partial charge in [-0.25, -0.2) is 4.98 Å². The molecule has 0 fully saturated rings. The fourth-order valence-electron chi connectivity index (χ4n) is 2.55. The predicted molar refractivity (Wildman–Crippen MR) is 97.4 cm³/mol. The van der Waals surface area contributed by atoms with Crippen molar-refractivity contribution in [3.8, 4) is 5.75 Å². The zero-order chi connectivity index (χ0) is 18.5. The molecule has 0 radical (unpaired) electrons. The molecule has 1 amide bonds. The lowest BCUT2D eigenvalue weighted by molar-refractivity contribution is -0.116. The maximum absolute atomic E-state index is 12.1. The van der Waals surface area contributed by atoms with Crippen molar-refractivity contribution in [3.05, 3.63) is 58.2 Å². The number of aryl methyl sites for hydroxylation is 1. The van der Waals surface area contributed by atoms with E-state index in [1.54, 1.807) is 25.1 Å². The molecule has 3 rings (SSSR count). The van der Waals surface area contributed by atoms with Crippen molar-refractivity contribution >= 4 is 17.2 Å². The number of carbonyl (C=O) groups excluding carboxylic acids is 1. The molecule has 0 atom stereocenters. The van der Waals surface area contributed by atoms with E-state index in [1.165, 1.54) is 6.07 Å². The Morgan fingerprint density at radius 1 is 1.31 bits per heavy atom. The number of ether oxygens (including phenoxy) is 1. The molecule has 3 aromatic rings. The van der Waals surface area contributed by atoms with Gasteiger partial charge in [0, 0.05) is 18.6 Å². The van der Waals surface area contributed by atoms with Crippen molar-refractivity contribution in [2.24, 2.45) is 0 Å². The van der Waals surface area contributed by atoms with Crippen molar-refractivity contribution in [1.82, 2.24) is 9.56 Å². The van der Waals surface area contributed by atoms with Crippen LogP contribution in [0.25, 0.3) is 5.65 Å². The topological polar surface area (TPSA) is 85.8 Å². The molecular formula is C19H21N3O4. The fourth-order valence-corrected chi connectivity index (χ4v) is 2.55. The molecule has 0 aliphatic carbocycles. The summed E-state index contributed by atoms with van der Waals surface area (Å²) in [6, 6.07) is 10.3. The molecule has 0 bridgehead atoms. The molecule has 7 nitrogen and oxygen atoms in total. The number of amides is 1. The number of anilines is 1. The summed E-state index contributed by atoms with van der Waals surface area (Å²) in [5.74, 6) is 1.09. The quantitative estimate of drug-likeness (QED) is 0.703. The highest BCUT2D eigenvalue weighted by atomic mass is 16.5. The van der Waals surface area contributed by atoms with Gasteiger partial charge in [0.05, 0.1) is 11.4 Å². The van der Waals surface area contributed by atoms with Crippen molar-refractivity contribution < 1.29 is 14.1 Å². The fraction of sp³-hybridized carbons (Fsp3) is 0.316. The van der Waals surface area contributed by atoms with Crippen LogP contribution < -0.4 is 15.6 Å². The number of aromatic nitrogens is 2. The van der Waals surface area contributed by atoms with Crippen molar-refractivity contribution in [2.75, 3.05) is 5.32 Å². The molecule has 0 saturated carbocycles. The second kappa shape index (κ2) is 7.86. The van der Waals surface area contributed by atoms with E-state index in [0.717, 1.165) is 17.4 Å². The second-order valence-electron chi connectivity index (χ2n) is 6.02. The summed E-state index contributed by atoms with van der Waals surface area (Å²) in [5.41, 5.74) is 1.23. The maximum Gasteiger partial charge on any atom is 0.287 e. The molecule has 0 aliphatic rings. The minimum atomic E-state index is -0.303. The first-order chi connectivity index (χ1) is 12.6. The minimum absolute atomic E-state index is 0.0467. The second-order valence-corrected chi connectivity index (χ2v) is 6.02. The Morgan fingerprint density at radius 2 is 2.12 bits per heavy atom. The Morgan fingerprint density at radius 3 is 2.92 bits per heavy atom. The van der Waals surface area contributed by atoms with Crippen molar-refractivity contribution in [3.63, 3.8) is 0 Å². The van der Waals surface area contributed by atoms with Crippen LogP contribution in [0.3, 0.4) is 0 Å². The van der Waals surface area contributed by atoms with Gasteiger partial charge in [0.2, 0.25) is 5.91 Å². The summed E-state index contributed by atoms with van der Waals surface area (Å²) in [4.78, 5) is 28.4. The van der Waals surface area contributed by atoms with Gasteiger partial charge < -0.3 is 14.6 Å². The lowest BCUT2D eigenvalue weighted by atomic mass is 10.2. The third kappa shape index (κ3) is 4.11. The molecule has 0 unspecified atom stereocenters. The Bertz CT molecular complexity index is 974. The van der Waals surface area contributed by atoms with E-state index in [1.807, 2.05) is 19.1 Å². The summed E-state index contributed by atoms with van der Waals surface area (Å²) in [5, 5.41) is 2.86. The van der Waals surface area contributed by atoms with Gasteiger partial charge in [0.1, 0.15) is 18.1 Å². The Balaban J connectivity index is 1.74. The van der Waals surface area contributed by atoms with Crippen molar-refractivity contribution in [1.29, 1.82) is 0 Å². The highest BCUT2D eigenvalue weighted by Gasteiger charge is 2.10. The Hall–Kier alpha value is -3.09. The number of fused-ring (bicyclic) bond motifs is 1. The predicted octanol–water partition coefficient (Wildman–Crippen LogP) is 3.30. The van der Waals surface area contributed by atoms with Gasteiger partial charge in [0.25, 0.3) is 5.56 Å². The average Bonchev–Trinajstić information content (AvgIpc) is 3.00. The summed E-state index contributed by atoms with van der Waals surface area (Å²) in [6.45, 7) is 3.90. The van der Waals surface area contributed by atoms with Crippen LogP contribution in [0, 0.1) is 6.92 Å². The van der Waals surface area contributed by atoms with E-state index in [0.29, 0.717) is 35.0 Å². The highest BCUT2D eigenvalue weighted by molar-refractivity contribution is 5.92. The number of rotatable bonds is 7. The van der Waals surface area contributed by atoms with Crippen LogP contribution in [0.4, 0.5) is 5.69 Å². The van der Waals surface area contributed by atoms with Gasteiger partial charge in [-0.15, -0.1) is 4.57 Å². The summed E-state index contributed by atoms with van der Waals surface area (Å²) in [6.07, 6.45) is 2.27. The minimum Gasteiger partial charge on any atom is -0.485 e. The van der Waals surface area contributed by atoms with Crippen LogP contribution in [-0.4, -0.2) is 15.5 Å². The van der Waals surface area contributed by atoms with Gasteiger partial charge in [-0.1, -0.05) is 25.5 Å². The third-order valence-electron chi connectivity index (χ3n) is 3.82. The Kier molecular flexibility index (Phi) is 5.36.